The summed E-state index contributed by atoms with van der Waals surface area (Å²) in [5.41, 5.74) is 1.10. The van der Waals surface area contributed by atoms with Crippen LogP contribution in [0, 0.1) is 5.82 Å². The Hall–Kier alpha value is -1.62. The number of aliphatic hydroxyl groups excluding tert-OH is 1. The second kappa shape index (κ2) is 12.8. The minimum Gasteiger partial charge on any atom is -0.450 e. The van der Waals surface area contributed by atoms with Gasteiger partial charge in [0, 0.05) is 31.2 Å². The lowest BCUT2D eigenvalue weighted by molar-refractivity contribution is 0.0963. The quantitative estimate of drug-likeness (QED) is 0.313. The van der Waals surface area contributed by atoms with Gasteiger partial charge < -0.3 is 25.4 Å². The summed E-state index contributed by atoms with van der Waals surface area (Å²) < 4.78 is 18.5. The van der Waals surface area contributed by atoms with Gasteiger partial charge in [-0.25, -0.2) is 14.2 Å². The van der Waals surface area contributed by atoms with Crippen molar-refractivity contribution in [1.82, 2.24) is 15.5 Å². The maximum Gasteiger partial charge on any atom is 0.409 e. The zero-order valence-corrected chi connectivity index (χ0v) is 18.7. The van der Waals surface area contributed by atoms with Crippen LogP contribution in [0.2, 0.25) is 0 Å². The third-order valence-corrected chi connectivity index (χ3v) is 4.41. The topological polar surface area (TPSA) is 86.2 Å². The van der Waals surface area contributed by atoms with E-state index in [4.69, 9.17) is 4.74 Å². The molecule has 1 amide bonds. The number of nitrogens with one attached hydrogen (secondary N) is 2. The number of benzene rings is 1. The highest BCUT2D eigenvalue weighted by atomic mass is 127. The molecule has 28 heavy (non-hydrogen) atoms. The van der Waals surface area contributed by atoms with E-state index in [-0.39, 0.29) is 48.3 Å². The lowest BCUT2D eigenvalue weighted by atomic mass is 10.1. The molecule has 0 spiro atoms. The standard InChI is InChI=1S/C19H29FN4O3.HI/c1-3-21-18(22-12-14-5-6-17(20)15(11-14)13-25)23-16-7-9-24(10-8-16)19(26)27-4-2;/h5-6,11,16,25H,3-4,7-10,12-13H2,1-2H3,(H2,21,22,23);1H. The first-order valence-electron chi connectivity index (χ1n) is 9.42. The maximum absolute atomic E-state index is 13.5. The van der Waals surface area contributed by atoms with Crippen molar-refractivity contribution in [3.05, 3.63) is 35.1 Å². The summed E-state index contributed by atoms with van der Waals surface area (Å²) in [6.45, 7) is 6.24. The number of aliphatic imine (C=N–C) groups is 1. The van der Waals surface area contributed by atoms with Gasteiger partial charge in [-0.2, -0.15) is 0 Å². The number of nitrogens with zero attached hydrogens (tertiary/aromatic N) is 2. The molecule has 1 saturated heterocycles. The minimum atomic E-state index is -0.413. The van der Waals surface area contributed by atoms with Crippen LogP contribution in [-0.2, 0) is 17.9 Å². The monoisotopic (exact) mass is 508 g/mol. The number of carbonyl (C=O) groups excluding carboxylic acids is 1. The van der Waals surface area contributed by atoms with Crippen molar-refractivity contribution >= 4 is 36.0 Å². The minimum absolute atomic E-state index is 0. The Morgan fingerprint density at radius 1 is 1.36 bits per heavy atom. The fourth-order valence-corrected chi connectivity index (χ4v) is 2.95. The van der Waals surface area contributed by atoms with Gasteiger partial charge in [0.2, 0.25) is 0 Å². The molecular formula is C19H30FIN4O3. The van der Waals surface area contributed by atoms with Gasteiger partial charge in [-0.05, 0) is 44.4 Å². The first-order valence-corrected chi connectivity index (χ1v) is 9.42. The highest BCUT2D eigenvalue weighted by Crippen LogP contribution is 2.13. The van der Waals surface area contributed by atoms with Gasteiger partial charge in [0.05, 0.1) is 19.8 Å². The molecule has 7 nitrogen and oxygen atoms in total. The number of hydrogen-bond acceptors (Lipinski definition) is 4. The zero-order chi connectivity index (χ0) is 19.6. The van der Waals surface area contributed by atoms with Crippen LogP contribution in [0.25, 0.3) is 0 Å². The number of rotatable bonds is 6. The largest absolute Gasteiger partial charge is 0.450 e. The van der Waals surface area contributed by atoms with Crippen LogP contribution < -0.4 is 10.6 Å². The van der Waals surface area contributed by atoms with Gasteiger partial charge in [0.1, 0.15) is 5.82 Å². The lowest BCUT2D eigenvalue weighted by Gasteiger charge is -2.32. The van der Waals surface area contributed by atoms with Gasteiger partial charge in [-0.15, -0.1) is 24.0 Å². The summed E-state index contributed by atoms with van der Waals surface area (Å²) in [4.78, 5) is 18.0. The molecule has 158 valence electrons. The normalized spacial score (nSPS) is 15.0. The Bertz CT molecular complexity index is 652. The molecule has 1 fully saturated rings. The smallest absolute Gasteiger partial charge is 0.409 e. The first kappa shape index (κ1) is 24.4. The van der Waals surface area contributed by atoms with E-state index in [0.717, 1.165) is 24.9 Å². The molecule has 0 saturated carbocycles. The van der Waals surface area contributed by atoms with Gasteiger partial charge >= 0.3 is 6.09 Å². The van der Waals surface area contributed by atoms with Crippen molar-refractivity contribution in [2.75, 3.05) is 26.2 Å². The number of aliphatic hydroxyl groups is 1. The van der Waals surface area contributed by atoms with E-state index >= 15 is 0 Å². The van der Waals surface area contributed by atoms with E-state index in [2.05, 4.69) is 15.6 Å². The van der Waals surface area contributed by atoms with Gasteiger partial charge in [-0.1, -0.05) is 6.07 Å². The van der Waals surface area contributed by atoms with E-state index in [1.807, 2.05) is 6.92 Å². The summed E-state index contributed by atoms with van der Waals surface area (Å²) >= 11 is 0. The number of ether oxygens (including phenoxy) is 1. The number of guanidine groups is 1. The molecule has 0 bridgehead atoms. The van der Waals surface area contributed by atoms with Crippen LogP contribution in [0.4, 0.5) is 9.18 Å². The van der Waals surface area contributed by atoms with Crippen LogP contribution in [0.1, 0.15) is 37.8 Å². The molecule has 1 aromatic rings. The predicted molar refractivity (Wildman–Crippen MR) is 117 cm³/mol. The molecule has 3 N–H and O–H groups in total. The number of piperidine rings is 1. The van der Waals surface area contributed by atoms with Crippen molar-refractivity contribution in [3.8, 4) is 0 Å². The van der Waals surface area contributed by atoms with Crippen LogP contribution in [-0.4, -0.2) is 54.3 Å². The van der Waals surface area contributed by atoms with Crippen LogP contribution in [0.3, 0.4) is 0 Å². The Balaban J connectivity index is 0.00000392. The SMILES string of the molecule is CCNC(=NCc1ccc(F)c(CO)c1)NC1CCN(C(=O)OCC)CC1.I. The first-order chi connectivity index (χ1) is 13.1. The van der Waals surface area contributed by atoms with E-state index in [1.54, 1.807) is 24.0 Å². The molecule has 1 aliphatic heterocycles. The Labute approximate surface area is 182 Å². The number of amides is 1. The summed E-state index contributed by atoms with van der Waals surface area (Å²) in [6.07, 6.45) is 1.37. The Morgan fingerprint density at radius 3 is 2.68 bits per heavy atom. The average molecular weight is 508 g/mol. The summed E-state index contributed by atoms with van der Waals surface area (Å²) in [7, 11) is 0. The van der Waals surface area contributed by atoms with Crippen molar-refractivity contribution in [1.29, 1.82) is 0 Å². The van der Waals surface area contributed by atoms with Crippen LogP contribution in [0.5, 0.6) is 0 Å². The number of hydrogen-bond donors (Lipinski definition) is 3. The molecule has 1 aliphatic rings. The third-order valence-electron chi connectivity index (χ3n) is 4.41. The summed E-state index contributed by atoms with van der Waals surface area (Å²) in [5.74, 6) is 0.269. The van der Waals surface area contributed by atoms with Gasteiger partial charge in [0.15, 0.2) is 5.96 Å². The number of likely N-dealkylation sites (tertiary alicyclic amines) is 1. The van der Waals surface area contributed by atoms with Gasteiger partial charge in [0.25, 0.3) is 0 Å². The highest BCUT2D eigenvalue weighted by molar-refractivity contribution is 14.0. The second-order valence-corrected chi connectivity index (χ2v) is 6.38. The molecule has 9 heteroatoms. The van der Waals surface area contributed by atoms with Crippen molar-refractivity contribution in [2.45, 2.75) is 45.9 Å². The highest BCUT2D eigenvalue weighted by Gasteiger charge is 2.24. The summed E-state index contributed by atoms with van der Waals surface area (Å²) in [5, 5.41) is 15.8. The predicted octanol–water partition coefficient (Wildman–Crippen LogP) is 2.61. The molecule has 0 aliphatic carbocycles. The molecule has 1 heterocycles. The van der Waals surface area contributed by atoms with Crippen LogP contribution >= 0.6 is 24.0 Å². The Morgan fingerprint density at radius 2 is 2.07 bits per heavy atom. The molecule has 0 atom stereocenters. The average Bonchev–Trinajstić information content (AvgIpc) is 2.68. The molecule has 0 radical (unpaired) electrons. The van der Waals surface area contributed by atoms with E-state index in [0.29, 0.717) is 32.2 Å². The Kier molecular flexibility index (Phi) is 11.1. The fourth-order valence-electron chi connectivity index (χ4n) is 2.95. The third kappa shape index (κ3) is 7.42. The van der Waals surface area contributed by atoms with E-state index in [9.17, 15) is 14.3 Å². The van der Waals surface area contributed by atoms with E-state index in [1.165, 1.54) is 6.07 Å². The van der Waals surface area contributed by atoms with Crippen molar-refractivity contribution < 1.29 is 19.0 Å². The van der Waals surface area contributed by atoms with Crippen molar-refractivity contribution in [3.63, 3.8) is 0 Å². The van der Waals surface area contributed by atoms with Crippen LogP contribution in [0.15, 0.2) is 23.2 Å². The van der Waals surface area contributed by atoms with Gasteiger partial charge in [-0.3, -0.25) is 0 Å². The van der Waals surface area contributed by atoms with Crippen molar-refractivity contribution in [2.24, 2.45) is 4.99 Å². The second-order valence-electron chi connectivity index (χ2n) is 6.38. The molecule has 2 rings (SSSR count). The van der Waals surface area contributed by atoms with E-state index < -0.39 is 5.82 Å². The number of halogens is 2. The molecule has 1 aromatic carbocycles. The maximum atomic E-state index is 13.5. The number of carbonyl (C=O) groups is 1. The lowest BCUT2D eigenvalue weighted by Crippen LogP contribution is -2.49. The fraction of sp³-hybridized carbons (Fsp3) is 0.579. The molecule has 0 aromatic heterocycles. The molecule has 0 unspecified atom stereocenters. The zero-order valence-electron chi connectivity index (χ0n) is 16.4. The summed E-state index contributed by atoms with van der Waals surface area (Å²) in [6, 6.07) is 4.86. The molecular weight excluding hydrogens is 478 g/mol.